The number of rotatable bonds is 4. The third-order valence-corrected chi connectivity index (χ3v) is 11.0. The van der Waals surface area contributed by atoms with Crippen molar-refractivity contribution in [3.8, 4) is 39.9 Å². The number of hydrogen-bond donors (Lipinski definition) is 0. The van der Waals surface area contributed by atoms with Crippen LogP contribution in [0.4, 0.5) is 0 Å². The highest BCUT2D eigenvalue weighted by Crippen LogP contribution is 2.42. The summed E-state index contributed by atoms with van der Waals surface area (Å²) in [5.74, 6) is 1.81. The molecule has 0 saturated heterocycles. The Morgan fingerprint density at radius 1 is 0.431 bits per heavy atom. The van der Waals surface area contributed by atoms with Crippen molar-refractivity contribution >= 4 is 75.3 Å². The predicted molar refractivity (Wildman–Crippen MR) is 211 cm³/mol. The SMILES string of the molecule is c1ccc(-c2nc(-c3ccccc3)nc(-c3cccc4c3oc3ccc(-n5c6ccccc6c6cc7c(cc65)sc5ccccc57)cc34)n2)cc1. The molecule has 11 rings (SSSR count). The lowest BCUT2D eigenvalue weighted by Crippen LogP contribution is -2.00. The van der Waals surface area contributed by atoms with Crippen LogP contribution in [0.25, 0.3) is 104 Å². The van der Waals surface area contributed by atoms with E-state index in [4.69, 9.17) is 19.4 Å². The Bertz CT molecular complexity index is 3080. The third-order valence-electron chi connectivity index (χ3n) is 9.85. The number of hydrogen-bond acceptors (Lipinski definition) is 5. The van der Waals surface area contributed by atoms with Gasteiger partial charge in [0, 0.05) is 58.5 Å². The minimum atomic E-state index is 0.572. The molecule has 238 valence electrons. The molecule has 7 aromatic carbocycles. The number of benzene rings is 7. The van der Waals surface area contributed by atoms with Crippen LogP contribution in [0, 0.1) is 0 Å². The molecular weight excluding hydrogens is 645 g/mol. The minimum absolute atomic E-state index is 0.572. The second-order valence-electron chi connectivity index (χ2n) is 12.8. The monoisotopic (exact) mass is 670 g/mol. The van der Waals surface area contributed by atoms with Gasteiger partial charge in [-0.15, -0.1) is 11.3 Å². The molecule has 0 aliphatic heterocycles. The highest BCUT2D eigenvalue weighted by Gasteiger charge is 2.20. The number of nitrogens with zero attached hydrogens (tertiary/aromatic N) is 4. The second-order valence-corrected chi connectivity index (χ2v) is 13.9. The number of furan rings is 1. The van der Waals surface area contributed by atoms with Crippen LogP contribution in [-0.2, 0) is 0 Å². The van der Waals surface area contributed by atoms with Gasteiger partial charge in [-0.3, -0.25) is 0 Å². The molecule has 0 unspecified atom stereocenters. The van der Waals surface area contributed by atoms with E-state index in [0.717, 1.165) is 44.3 Å². The van der Waals surface area contributed by atoms with Crippen molar-refractivity contribution in [3.63, 3.8) is 0 Å². The zero-order valence-electron chi connectivity index (χ0n) is 27.1. The van der Waals surface area contributed by atoms with E-state index in [0.29, 0.717) is 17.5 Å². The summed E-state index contributed by atoms with van der Waals surface area (Å²) in [7, 11) is 0. The fourth-order valence-corrected chi connectivity index (χ4v) is 8.62. The molecule has 0 spiro atoms. The van der Waals surface area contributed by atoms with E-state index in [1.54, 1.807) is 0 Å². The van der Waals surface area contributed by atoms with Gasteiger partial charge in [-0.05, 0) is 48.5 Å². The van der Waals surface area contributed by atoms with Crippen LogP contribution < -0.4 is 0 Å². The molecule has 0 amide bonds. The summed E-state index contributed by atoms with van der Waals surface area (Å²) in [5, 5.41) is 7.16. The van der Waals surface area contributed by atoms with Crippen molar-refractivity contribution in [2.45, 2.75) is 0 Å². The van der Waals surface area contributed by atoms with E-state index >= 15 is 0 Å². The Kier molecular flexibility index (Phi) is 6.05. The maximum atomic E-state index is 6.66. The van der Waals surface area contributed by atoms with E-state index in [9.17, 15) is 0 Å². The highest BCUT2D eigenvalue weighted by molar-refractivity contribution is 7.25. The van der Waals surface area contributed by atoms with Crippen molar-refractivity contribution in [2.75, 3.05) is 0 Å². The maximum Gasteiger partial charge on any atom is 0.167 e. The van der Waals surface area contributed by atoms with Gasteiger partial charge in [-0.1, -0.05) is 109 Å². The molecular formula is C45H26N4OS. The first kappa shape index (κ1) is 28.2. The van der Waals surface area contributed by atoms with Crippen LogP contribution >= 0.6 is 11.3 Å². The van der Waals surface area contributed by atoms with Crippen molar-refractivity contribution in [1.82, 2.24) is 19.5 Å². The molecule has 0 saturated carbocycles. The quantitative estimate of drug-likeness (QED) is 0.187. The normalized spacial score (nSPS) is 11.9. The molecule has 0 N–H and O–H groups in total. The fraction of sp³-hybridized carbons (Fsp3) is 0. The first-order valence-electron chi connectivity index (χ1n) is 16.9. The summed E-state index contributed by atoms with van der Waals surface area (Å²) in [5.41, 5.74) is 7.70. The van der Waals surface area contributed by atoms with E-state index in [1.807, 2.05) is 78.1 Å². The van der Waals surface area contributed by atoms with Crippen LogP contribution in [0.15, 0.2) is 162 Å². The topological polar surface area (TPSA) is 56.7 Å². The van der Waals surface area contributed by atoms with Gasteiger partial charge in [-0.2, -0.15) is 0 Å². The van der Waals surface area contributed by atoms with Crippen LogP contribution in [0.3, 0.4) is 0 Å². The summed E-state index contributed by atoms with van der Waals surface area (Å²) < 4.78 is 11.6. The summed E-state index contributed by atoms with van der Waals surface area (Å²) in [4.78, 5) is 14.9. The van der Waals surface area contributed by atoms with Crippen LogP contribution in [0.2, 0.25) is 0 Å². The average molecular weight is 671 g/mol. The van der Waals surface area contributed by atoms with E-state index in [-0.39, 0.29) is 0 Å². The van der Waals surface area contributed by atoms with E-state index < -0.39 is 0 Å². The Morgan fingerprint density at radius 2 is 1.10 bits per heavy atom. The van der Waals surface area contributed by atoms with Gasteiger partial charge in [0.05, 0.1) is 16.6 Å². The zero-order valence-corrected chi connectivity index (χ0v) is 27.9. The smallest absolute Gasteiger partial charge is 0.167 e. The Labute approximate surface area is 295 Å². The van der Waals surface area contributed by atoms with Gasteiger partial charge in [0.25, 0.3) is 0 Å². The first-order valence-corrected chi connectivity index (χ1v) is 17.8. The summed E-state index contributed by atoms with van der Waals surface area (Å²) >= 11 is 1.85. The van der Waals surface area contributed by atoms with Gasteiger partial charge >= 0.3 is 0 Å². The minimum Gasteiger partial charge on any atom is -0.455 e. The van der Waals surface area contributed by atoms with Gasteiger partial charge < -0.3 is 8.98 Å². The predicted octanol–water partition coefficient (Wildman–Crippen LogP) is 12.2. The van der Waals surface area contributed by atoms with Crippen molar-refractivity contribution < 1.29 is 4.42 Å². The van der Waals surface area contributed by atoms with Gasteiger partial charge in [-0.25, -0.2) is 15.0 Å². The molecule has 6 heteroatoms. The van der Waals surface area contributed by atoms with Crippen molar-refractivity contribution in [3.05, 3.63) is 158 Å². The lowest BCUT2D eigenvalue weighted by molar-refractivity contribution is 0.669. The molecule has 5 nitrogen and oxygen atoms in total. The van der Waals surface area contributed by atoms with Gasteiger partial charge in [0.1, 0.15) is 11.2 Å². The van der Waals surface area contributed by atoms with Crippen LogP contribution in [0.5, 0.6) is 0 Å². The molecule has 0 aliphatic rings. The highest BCUT2D eigenvalue weighted by atomic mass is 32.1. The molecule has 0 aliphatic carbocycles. The molecule has 0 fully saturated rings. The number of aromatic nitrogens is 4. The van der Waals surface area contributed by atoms with Crippen LogP contribution in [0.1, 0.15) is 0 Å². The third kappa shape index (κ3) is 4.37. The lowest BCUT2D eigenvalue weighted by atomic mass is 10.1. The van der Waals surface area contributed by atoms with Gasteiger partial charge in [0.2, 0.25) is 0 Å². The standard InChI is InChI=1S/C45H26N4OS/c1-3-12-27(13-4-1)43-46-44(28-14-5-2-6-15-28)48-45(47-43)33-19-11-18-32-35-24-29(22-23-39(35)50-42(32)33)49-37-20-9-7-16-30(37)34-25-36-31-17-8-10-21-40(31)51-41(36)26-38(34)49/h1-26H. The first-order chi connectivity index (χ1) is 25.3. The molecule has 0 atom stereocenters. The average Bonchev–Trinajstić information content (AvgIpc) is 3.86. The molecule has 4 aromatic heterocycles. The molecule has 51 heavy (non-hydrogen) atoms. The van der Waals surface area contributed by atoms with E-state index in [1.165, 1.54) is 42.0 Å². The molecule has 11 aromatic rings. The summed E-state index contributed by atoms with van der Waals surface area (Å²) in [6.45, 7) is 0. The van der Waals surface area contributed by atoms with Crippen molar-refractivity contribution in [1.29, 1.82) is 0 Å². The van der Waals surface area contributed by atoms with Crippen molar-refractivity contribution in [2.24, 2.45) is 0 Å². The fourth-order valence-electron chi connectivity index (χ4n) is 7.50. The zero-order chi connectivity index (χ0) is 33.5. The lowest BCUT2D eigenvalue weighted by Gasteiger charge is -2.08. The van der Waals surface area contributed by atoms with Crippen LogP contribution in [-0.4, -0.2) is 19.5 Å². The number of fused-ring (bicyclic) bond motifs is 9. The molecule has 0 bridgehead atoms. The Balaban J connectivity index is 1.12. The number of thiophene rings is 1. The van der Waals surface area contributed by atoms with Gasteiger partial charge in [0.15, 0.2) is 17.5 Å². The molecule has 4 heterocycles. The largest absolute Gasteiger partial charge is 0.455 e. The Hall–Kier alpha value is -6.63. The summed E-state index contributed by atoms with van der Waals surface area (Å²) in [6.07, 6.45) is 0. The maximum absolute atomic E-state index is 6.66. The summed E-state index contributed by atoms with van der Waals surface area (Å²) in [6, 6.07) is 54.9. The van der Waals surface area contributed by atoms with E-state index in [2.05, 4.69) is 95.6 Å². The Morgan fingerprint density at radius 3 is 1.88 bits per heavy atom. The number of para-hydroxylation sites is 2. The molecule has 0 radical (unpaired) electrons. The second kappa shape index (κ2) is 10.9.